The van der Waals surface area contributed by atoms with Crippen molar-refractivity contribution in [3.8, 4) is 11.5 Å². The zero-order chi connectivity index (χ0) is 18.1. The number of hydrogen-bond donors (Lipinski definition) is 1. The summed E-state index contributed by atoms with van der Waals surface area (Å²) in [4.78, 5) is 12.2. The first-order valence-corrected chi connectivity index (χ1v) is 6.39. The number of methoxy groups -OCH3 is 1. The molecule has 0 aliphatic carbocycles. The van der Waals surface area contributed by atoms with Crippen molar-refractivity contribution in [2.24, 2.45) is 5.10 Å². The highest BCUT2D eigenvalue weighted by molar-refractivity contribution is 5.96. The van der Waals surface area contributed by atoms with Gasteiger partial charge in [-0.15, -0.1) is 0 Å². The molecule has 132 valence electrons. The molecule has 0 saturated heterocycles. The van der Waals surface area contributed by atoms with Gasteiger partial charge in [0.1, 0.15) is 0 Å². The van der Waals surface area contributed by atoms with Crippen LogP contribution in [0.25, 0.3) is 0 Å². The molecule has 1 unspecified atom stereocenters. The molecule has 1 aromatic carbocycles. The van der Waals surface area contributed by atoms with Crippen LogP contribution < -0.4 is 9.47 Å². The van der Waals surface area contributed by atoms with Crippen molar-refractivity contribution < 1.29 is 41.3 Å². The number of amides is 1. The lowest BCUT2D eigenvalue weighted by molar-refractivity contribution is -0.297. The van der Waals surface area contributed by atoms with Crippen LogP contribution in [0.1, 0.15) is 16.8 Å². The first-order valence-electron chi connectivity index (χ1n) is 6.39. The van der Waals surface area contributed by atoms with Crippen LogP contribution in [0.4, 0.5) is 22.0 Å². The van der Waals surface area contributed by atoms with Crippen LogP contribution in [-0.4, -0.2) is 47.9 Å². The van der Waals surface area contributed by atoms with E-state index >= 15 is 0 Å². The van der Waals surface area contributed by atoms with E-state index in [4.69, 9.17) is 4.74 Å². The second kappa shape index (κ2) is 6.23. The molecule has 11 heteroatoms. The summed E-state index contributed by atoms with van der Waals surface area (Å²) in [5, 5.41) is 12.9. The monoisotopic (exact) mass is 354 g/mol. The van der Waals surface area contributed by atoms with Gasteiger partial charge < -0.3 is 14.6 Å². The fourth-order valence-corrected chi connectivity index (χ4v) is 2.00. The van der Waals surface area contributed by atoms with E-state index in [2.05, 4.69) is 9.84 Å². The lowest BCUT2D eigenvalue weighted by Gasteiger charge is -2.32. The van der Waals surface area contributed by atoms with Crippen molar-refractivity contribution in [3.63, 3.8) is 0 Å². The normalized spacial score (nSPS) is 20.6. The zero-order valence-corrected chi connectivity index (χ0v) is 12.1. The number of hydrogen-bond acceptors (Lipinski definition) is 5. The van der Waals surface area contributed by atoms with Gasteiger partial charge >= 0.3 is 12.8 Å². The third-order valence-corrected chi connectivity index (χ3v) is 3.20. The molecule has 1 N–H and O–H groups in total. The zero-order valence-electron chi connectivity index (χ0n) is 12.1. The summed E-state index contributed by atoms with van der Waals surface area (Å²) >= 11 is 0. The number of nitrogens with zero attached hydrogens (tertiary/aromatic N) is 2. The van der Waals surface area contributed by atoms with Crippen LogP contribution in [0.5, 0.6) is 11.5 Å². The quantitative estimate of drug-likeness (QED) is 0.843. The molecular formula is C13H11F5N2O4. The molecule has 0 bridgehead atoms. The van der Waals surface area contributed by atoms with Gasteiger partial charge in [0.2, 0.25) is 0 Å². The van der Waals surface area contributed by atoms with Gasteiger partial charge in [0, 0.05) is 18.2 Å². The first kappa shape index (κ1) is 17.9. The Morgan fingerprint density at radius 2 is 2.04 bits per heavy atom. The van der Waals surface area contributed by atoms with Crippen LogP contribution in [0, 0.1) is 0 Å². The van der Waals surface area contributed by atoms with Crippen LogP contribution in [0.3, 0.4) is 0 Å². The van der Waals surface area contributed by atoms with Crippen molar-refractivity contribution in [2.45, 2.75) is 24.9 Å². The Labute approximate surface area is 132 Å². The average molecular weight is 354 g/mol. The summed E-state index contributed by atoms with van der Waals surface area (Å²) in [6.07, 6.45) is -5.31. The average Bonchev–Trinajstić information content (AvgIpc) is 2.89. The number of alkyl halides is 5. The summed E-state index contributed by atoms with van der Waals surface area (Å²) < 4.78 is 72.3. The lowest BCUT2D eigenvalue weighted by atomic mass is 10.1. The smallest absolute Gasteiger partial charge is 0.438 e. The minimum atomic E-state index is -5.14. The van der Waals surface area contributed by atoms with E-state index in [0.29, 0.717) is 0 Å². The molecule has 0 radical (unpaired) electrons. The van der Waals surface area contributed by atoms with Crippen LogP contribution in [0.2, 0.25) is 0 Å². The maximum atomic E-state index is 13.0. The molecule has 6 nitrogen and oxygen atoms in total. The van der Waals surface area contributed by atoms with Gasteiger partial charge in [-0.3, -0.25) is 4.79 Å². The highest BCUT2D eigenvalue weighted by Gasteiger charge is 2.61. The van der Waals surface area contributed by atoms with Crippen molar-refractivity contribution in [2.75, 3.05) is 7.11 Å². The Balaban J connectivity index is 2.34. The van der Waals surface area contributed by atoms with Gasteiger partial charge in [0.05, 0.1) is 7.11 Å². The van der Waals surface area contributed by atoms with Gasteiger partial charge in [0.15, 0.2) is 11.5 Å². The number of ether oxygens (including phenoxy) is 2. The minimum absolute atomic E-state index is 0.116. The Morgan fingerprint density at radius 3 is 2.58 bits per heavy atom. The third-order valence-electron chi connectivity index (χ3n) is 3.20. The molecule has 2 rings (SSSR count). The van der Waals surface area contributed by atoms with E-state index in [1.807, 2.05) is 0 Å². The van der Waals surface area contributed by atoms with E-state index in [0.717, 1.165) is 31.5 Å². The molecule has 1 aliphatic heterocycles. The molecule has 0 fully saturated rings. The Bertz CT molecular complexity index is 664. The summed E-state index contributed by atoms with van der Waals surface area (Å²) in [6, 6.07) is 2.79. The van der Waals surface area contributed by atoms with Crippen LogP contribution >= 0.6 is 0 Å². The van der Waals surface area contributed by atoms with Crippen molar-refractivity contribution in [3.05, 3.63) is 23.8 Å². The molecule has 1 amide bonds. The summed E-state index contributed by atoms with van der Waals surface area (Å²) in [7, 11) is 1.10. The molecule has 1 aliphatic rings. The van der Waals surface area contributed by atoms with E-state index < -0.39 is 36.6 Å². The summed E-state index contributed by atoms with van der Waals surface area (Å²) in [5.41, 5.74) is -3.84. The van der Waals surface area contributed by atoms with Gasteiger partial charge in [-0.25, -0.2) is 0 Å². The molecular weight excluding hydrogens is 343 g/mol. The third kappa shape index (κ3) is 3.11. The predicted octanol–water partition coefficient (Wildman–Crippen LogP) is 2.38. The Morgan fingerprint density at radius 1 is 1.38 bits per heavy atom. The highest BCUT2D eigenvalue weighted by atomic mass is 19.4. The largest absolute Gasteiger partial charge is 0.493 e. The maximum absolute atomic E-state index is 13.0. The van der Waals surface area contributed by atoms with E-state index in [1.54, 1.807) is 0 Å². The summed E-state index contributed by atoms with van der Waals surface area (Å²) in [5.74, 6) is -1.98. The SMILES string of the molecule is COc1cc(C(=O)N2N=CCC2(O)C(F)(F)F)ccc1OC(F)F. The van der Waals surface area contributed by atoms with Crippen molar-refractivity contribution in [1.29, 1.82) is 0 Å². The van der Waals surface area contributed by atoms with Gasteiger partial charge in [-0.1, -0.05) is 0 Å². The van der Waals surface area contributed by atoms with E-state index in [9.17, 15) is 31.9 Å². The number of aliphatic hydroxyl groups is 1. The van der Waals surface area contributed by atoms with Gasteiger partial charge in [-0.2, -0.15) is 32.1 Å². The molecule has 1 atom stereocenters. The predicted molar refractivity (Wildman–Crippen MR) is 69.9 cm³/mol. The fourth-order valence-electron chi connectivity index (χ4n) is 2.00. The number of benzene rings is 1. The molecule has 1 heterocycles. The molecule has 24 heavy (non-hydrogen) atoms. The Kier molecular flexibility index (Phi) is 4.65. The van der Waals surface area contributed by atoms with Gasteiger partial charge in [-0.05, 0) is 18.2 Å². The number of carbonyl (C=O) groups is 1. The van der Waals surface area contributed by atoms with Crippen LogP contribution in [0.15, 0.2) is 23.3 Å². The van der Waals surface area contributed by atoms with Crippen LogP contribution in [-0.2, 0) is 0 Å². The first-order chi connectivity index (χ1) is 11.1. The number of halogens is 5. The molecule has 0 aromatic heterocycles. The topological polar surface area (TPSA) is 71.4 Å². The minimum Gasteiger partial charge on any atom is -0.493 e. The second-order valence-corrected chi connectivity index (χ2v) is 4.68. The molecule has 0 spiro atoms. The second-order valence-electron chi connectivity index (χ2n) is 4.68. The Hall–Kier alpha value is -2.43. The molecule has 1 aromatic rings. The van der Waals surface area contributed by atoms with Crippen molar-refractivity contribution in [1.82, 2.24) is 5.01 Å². The van der Waals surface area contributed by atoms with E-state index in [-0.39, 0.29) is 16.3 Å². The number of carbonyl (C=O) groups excluding carboxylic acids is 1. The number of rotatable bonds is 4. The van der Waals surface area contributed by atoms with E-state index in [1.165, 1.54) is 0 Å². The fraction of sp³-hybridized carbons (Fsp3) is 0.385. The van der Waals surface area contributed by atoms with Crippen molar-refractivity contribution >= 4 is 12.1 Å². The standard InChI is InChI=1S/C13H11F5N2O4/c1-23-9-6-7(2-3-8(9)24-11(14)15)10(21)20-12(22,4-5-19-20)13(16,17)18/h2-3,5-6,11,22H,4H2,1H3. The summed E-state index contributed by atoms with van der Waals surface area (Å²) in [6.45, 7) is -3.15. The number of hydrazone groups is 1. The lowest BCUT2D eigenvalue weighted by Crippen LogP contribution is -2.56. The van der Waals surface area contributed by atoms with Gasteiger partial charge in [0.25, 0.3) is 11.6 Å². The maximum Gasteiger partial charge on any atom is 0.438 e. The highest BCUT2D eigenvalue weighted by Crippen LogP contribution is 2.40. The molecule has 0 saturated carbocycles.